The molecule has 1 aliphatic carbocycles. The monoisotopic (exact) mass is 368 g/mol. The van der Waals surface area contributed by atoms with Crippen LogP contribution in [0.25, 0.3) is 5.69 Å². The van der Waals surface area contributed by atoms with E-state index in [9.17, 15) is 9.59 Å². The highest BCUT2D eigenvalue weighted by molar-refractivity contribution is 5.93. The first-order chi connectivity index (χ1) is 13.2. The van der Waals surface area contributed by atoms with Crippen LogP contribution in [0.4, 0.5) is 4.79 Å². The minimum Gasteiger partial charge on any atom is -0.450 e. The van der Waals surface area contributed by atoms with Crippen molar-refractivity contribution in [1.29, 1.82) is 0 Å². The number of hydrogen-bond acceptors (Lipinski definition) is 4. The van der Waals surface area contributed by atoms with Gasteiger partial charge in [-0.2, -0.15) is 5.10 Å². The number of aromatic nitrogens is 2. The van der Waals surface area contributed by atoms with Crippen molar-refractivity contribution in [3.05, 3.63) is 47.8 Å². The first-order valence-electron chi connectivity index (χ1n) is 9.53. The van der Waals surface area contributed by atoms with Crippen molar-refractivity contribution in [3.8, 4) is 5.69 Å². The number of piperazine rings is 1. The minimum atomic E-state index is -0.310. The molecule has 2 heterocycles. The van der Waals surface area contributed by atoms with Gasteiger partial charge in [0.25, 0.3) is 5.91 Å². The van der Waals surface area contributed by atoms with E-state index in [2.05, 4.69) is 0 Å². The van der Waals surface area contributed by atoms with Gasteiger partial charge >= 0.3 is 6.09 Å². The summed E-state index contributed by atoms with van der Waals surface area (Å²) in [5.74, 6) is 0.434. The van der Waals surface area contributed by atoms with Crippen LogP contribution >= 0.6 is 0 Å². The summed E-state index contributed by atoms with van der Waals surface area (Å²) in [6.07, 6.45) is 1.96. The fraction of sp³-hybridized carbons (Fsp3) is 0.450. The summed E-state index contributed by atoms with van der Waals surface area (Å²) in [6.45, 7) is 4.11. The first-order valence-corrected chi connectivity index (χ1v) is 9.53. The van der Waals surface area contributed by atoms with E-state index >= 15 is 0 Å². The van der Waals surface area contributed by atoms with Crippen LogP contribution in [0.3, 0.4) is 0 Å². The summed E-state index contributed by atoms with van der Waals surface area (Å²) >= 11 is 0. The Morgan fingerprint density at radius 2 is 1.74 bits per heavy atom. The first kappa shape index (κ1) is 17.6. The van der Waals surface area contributed by atoms with Crippen LogP contribution in [0.5, 0.6) is 0 Å². The lowest BCUT2D eigenvalue weighted by Gasteiger charge is -2.34. The standard InChI is InChI=1S/C20H24N4O3/c1-2-27-20(26)23-12-10-22(11-13-23)19(25)18-14-17(15-8-9-15)21-24(18)16-6-4-3-5-7-16/h3-7,14-15H,2,8-13H2,1H3. The number of para-hydroxylation sites is 1. The van der Waals surface area contributed by atoms with Crippen molar-refractivity contribution in [2.45, 2.75) is 25.7 Å². The van der Waals surface area contributed by atoms with Crippen LogP contribution in [0.2, 0.25) is 0 Å². The maximum atomic E-state index is 13.2. The number of nitrogens with zero attached hydrogens (tertiary/aromatic N) is 4. The quantitative estimate of drug-likeness (QED) is 0.832. The SMILES string of the molecule is CCOC(=O)N1CCN(C(=O)c2cc(C3CC3)nn2-c2ccccc2)CC1. The Morgan fingerprint density at radius 3 is 2.37 bits per heavy atom. The Bertz CT molecular complexity index is 821. The number of benzene rings is 1. The van der Waals surface area contributed by atoms with E-state index < -0.39 is 0 Å². The average Bonchev–Trinajstić information content (AvgIpc) is 3.47. The molecule has 0 spiro atoms. The van der Waals surface area contributed by atoms with E-state index in [1.807, 2.05) is 36.4 Å². The zero-order chi connectivity index (χ0) is 18.8. The topological polar surface area (TPSA) is 67.7 Å². The number of carbonyl (C=O) groups excluding carboxylic acids is 2. The molecule has 0 unspecified atom stereocenters. The Hall–Kier alpha value is -2.83. The fourth-order valence-electron chi connectivity index (χ4n) is 3.37. The van der Waals surface area contributed by atoms with Crippen LogP contribution < -0.4 is 0 Å². The van der Waals surface area contributed by atoms with Gasteiger partial charge < -0.3 is 14.5 Å². The zero-order valence-electron chi connectivity index (χ0n) is 15.5. The Labute approximate surface area is 158 Å². The molecule has 2 aromatic rings. The van der Waals surface area contributed by atoms with Gasteiger partial charge in [0.15, 0.2) is 0 Å². The van der Waals surface area contributed by atoms with Gasteiger partial charge in [0, 0.05) is 32.1 Å². The van der Waals surface area contributed by atoms with E-state index in [0.29, 0.717) is 44.4 Å². The van der Waals surface area contributed by atoms with Gasteiger partial charge in [-0.3, -0.25) is 4.79 Å². The average molecular weight is 368 g/mol. The van der Waals surface area contributed by atoms with E-state index in [-0.39, 0.29) is 12.0 Å². The number of rotatable bonds is 4. The Balaban J connectivity index is 1.53. The highest BCUT2D eigenvalue weighted by Gasteiger charge is 2.32. The molecule has 2 fully saturated rings. The normalized spacial score (nSPS) is 17.1. The molecule has 1 aromatic carbocycles. The third-order valence-corrected chi connectivity index (χ3v) is 5.04. The molecule has 1 saturated carbocycles. The van der Waals surface area contributed by atoms with Crippen LogP contribution in [0, 0.1) is 0 Å². The second-order valence-electron chi connectivity index (χ2n) is 6.95. The van der Waals surface area contributed by atoms with Crippen molar-refractivity contribution in [1.82, 2.24) is 19.6 Å². The largest absolute Gasteiger partial charge is 0.450 e. The van der Waals surface area contributed by atoms with Crippen LogP contribution in [-0.2, 0) is 4.74 Å². The molecule has 1 aliphatic heterocycles. The highest BCUT2D eigenvalue weighted by Crippen LogP contribution is 2.39. The minimum absolute atomic E-state index is 0.0400. The van der Waals surface area contributed by atoms with Crippen molar-refractivity contribution < 1.29 is 14.3 Å². The Kier molecular flexibility index (Phi) is 4.83. The lowest BCUT2D eigenvalue weighted by Crippen LogP contribution is -2.51. The summed E-state index contributed by atoms with van der Waals surface area (Å²) in [5, 5.41) is 4.71. The van der Waals surface area contributed by atoms with Crippen molar-refractivity contribution >= 4 is 12.0 Å². The van der Waals surface area contributed by atoms with E-state index in [1.165, 1.54) is 0 Å². The number of ether oxygens (including phenoxy) is 1. The maximum absolute atomic E-state index is 13.2. The van der Waals surface area contributed by atoms with E-state index in [4.69, 9.17) is 9.84 Å². The molecule has 2 aliphatic rings. The summed E-state index contributed by atoms with van der Waals surface area (Å²) in [7, 11) is 0. The molecule has 2 amide bonds. The van der Waals surface area contributed by atoms with Gasteiger partial charge in [0.05, 0.1) is 18.0 Å². The van der Waals surface area contributed by atoms with Gasteiger partial charge in [-0.05, 0) is 38.0 Å². The molecule has 0 N–H and O–H groups in total. The molecule has 1 aromatic heterocycles. The van der Waals surface area contributed by atoms with E-state index in [1.54, 1.807) is 21.4 Å². The molecule has 142 valence electrons. The van der Waals surface area contributed by atoms with Gasteiger partial charge in [-0.1, -0.05) is 18.2 Å². The third kappa shape index (κ3) is 3.67. The summed E-state index contributed by atoms with van der Waals surface area (Å²) in [6, 6.07) is 11.7. The highest BCUT2D eigenvalue weighted by atomic mass is 16.6. The molecule has 7 nitrogen and oxygen atoms in total. The Morgan fingerprint density at radius 1 is 1.07 bits per heavy atom. The molecule has 4 rings (SSSR count). The van der Waals surface area contributed by atoms with Gasteiger partial charge in [0.2, 0.25) is 0 Å². The smallest absolute Gasteiger partial charge is 0.409 e. The number of hydrogen-bond donors (Lipinski definition) is 0. The molecule has 7 heteroatoms. The molecule has 27 heavy (non-hydrogen) atoms. The summed E-state index contributed by atoms with van der Waals surface area (Å²) in [4.78, 5) is 28.5. The zero-order valence-corrected chi connectivity index (χ0v) is 15.5. The number of amides is 2. The lowest BCUT2D eigenvalue weighted by atomic mass is 10.2. The molecule has 1 saturated heterocycles. The van der Waals surface area contributed by atoms with Crippen molar-refractivity contribution in [2.24, 2.45) is 0 Å². The summed E-state index contributed by atoms with van der Waals surface area (Å²) in [5.41, 5.74) is 2.47. The molecular formula is C20H24N4O3. The van der Waals surface area contributed by atoms with Crippen LogP contribution in [-0.4, -0.2) is 64.4 Å². The number of carbonyl (C=O) groups is 2. The maximum Gasteiger partial charge on any atom is 0.409 e. The molecule has 0 bridgehead atoms. The third-order valence-electron chi connectivity index (χ3n) is 5.04. The second kappa shape index (κ2) is 7.42. The summed E-state index contributed by atoms with van der Waals surface area (Å²) < 4.78 is 6.80. The van der Waals surface area contributed by atoms with Crippen LogP contribution in [0.15, 0.2) is 36.4 Å². The fourth-order valence-corrected chi connectivity index (χ4v) is 3.37. The van der Waals surface area contributed by atoms with E-state index in [0.717, 1.165) is 24.2 Å². The van der Waals surface area contributed by atoms with Gasteiger partial charge in [-0.15, -0.1) is 0 Å². The van der Waals surface area contributed by atoms with Crippen LogP contribution in [0.1, 0.15) is 41.9 Å². The molecular weight excluding hydrogens is 344 g/mol. The van der Waals surface area contributed by atoms with Crippen molar-refractivity contribution in [3.63, 3.8) is 0 Å². The molecule has 0 atom stereocenters. The predicted octanol–water partition coefficient (Wildman–Crippen LogP) is 2.66. The van der Waals surface area contributed by atoms with Gasteiger partial charge in [-0.25, -0.2) is 9.48 Å². The van der Waals surface area contributed by atoms with Crippen molar-refractivity contribution in [2.75, 3.05) is 32.8 Å². The second-order valence-corrected chi connectivity index (χ2v) is 6.95. The molecule has 0 radical (unpaired) electrons. The lowest BCUT2D eigenvalue weighted by molar-refractivity contribution is 0.0563. The van der Waals surface area contributed by atoms with Gasteiger partial charge in [0.1, 0.15) is 5.69 Å². The predicted molar refractivity (Wildman–Crippen MR) is 100 cm³/mol.